The largest absolute Gasteiger partial charge is 0.376 e. The third kappa shape index (κ3) is 2.99. The second-order valence-electron chi connectivity index (χ2n) is 3.40. The lowest BCUT2D eigenvalue weighted by Gasteiger charge is -2.05. The number of rotatable bonds is 4. The van der Waals surface area contributed by atoms with Crippen molar-refractivity contribution in [2.24, 2.45) is 5.92 Å². The summed E-state index contributed by atoms with van der Waals surface area (Å²) in [6.45, 7) is 4.86. The second-order valence-corrected chi connectivity index (χ2v) is 3.40. The summed E-state index contributed by atoms with van der Waals surface area (Å²) in [7, 11) is 0. The Morgan fingerprint density at radius 2 is 2.15 bits per heavy atom. The van der Waals surface area contributed by atoms with Crippen LogP contribution in [0.5, 0.6) is 0 Å². The number of carbonyl (C=O) groups excluding carboxylic acids is 2. The summed E-state index contributed by atoms with van der Waals surface area (Å²) in [5.41, 5.74) is 0.408. The van der Waals surface area contributed by atoms with Gasteiger partial charge in [0, 0.05) is 18.3 Å². The van der Waals surface area contributed by atoms with Crippen LogP contribution in [0.25, 0.3) is 0 Å². The van der Waals surface area contributed by atoms with E-state index in [-0.39, 0.29) is 18.4 Å². The summed E-state index contributed by atoms with van der Waals surface area (Å²) < 4.78 is 5.22. The molecule has 13 heavy (non-hydrogen) atoms. The predicted molar refractivity (Wildman–Crippen MR) is 46.9 cm³/mol. The summed E-state index contributed by atoms with van der Waals surface area (Å²) in [5.74, 6) is -0.261. The van der Waals surface area contributed by atoms with Gasteiger partial charge in [0.1, 0.15) is 0 Å². The average Bonchev–Trinajstić information content (AvgIpc) is 2.29. The van der Waals surface area contributed by atoms with Gasteiger partial charge < -0.3 is 4.74 Å². The third-order valence-electron chi connectivity index (χ3n) is 1.54. The minimum Gasteiger partial charge on any atom is -0.376 e. The normalized spacial score (nSPS) is 16.4. The highest BCUT2D eigenvalue weighted by molar-refractivity contribution is 6.16. The molecule has 0 unspecified atom stereocenters. The summed E-state index contributed by atoms with van der Waals surface area (Å²) in [5, 5.41) is 2.15. The quantitative estimate of drug-likeness (QED) is 0.635. The lowest BCUT2D eigenvalue weighted by atomic mass is 10.2. The van der Waals surface area contributed by atoms with E-state index in [1.165, 1.54) is 6.08 Å². The Morgan fingerprint density at radius 3 is 2.62 bits per heavy atom. The van der Waals surface area contributed by atoms with E-state index in [4.69, 9.17) is 4.74 Å². The lowest BCUT2D eigenvalue weighted by molar-refractivity contribution is -0.124. The van der Waals surface area contributed by atoms with E-state index in [9.17, 15) is 9.59 Å². The van der Waals surface area contributed by atoms with Gasteiger partial charge in [-0.3, -0.25) is 14.9 Å². The van der Waals surface area contributed by atoms with Gasteiger partial charge >= 0.3 is 0 Å². The molecule has 4 heteroatoms. The predicted octanol–water partition coefficient (Wildman–Crippen LogP) is 0.242. The summed E-state index contributed by atoms with van der Waals surface area (Å²) in [6, 6.07) is 0. The summed E-state index contributed by atoms with van der Waals surface area (Å²) >= 11 is 0. The summed E-state index contributed by atoms with van der Waals surface area (Å²) in [4.78, 5) is 21.7. The van der Waals surface area contributed by atoms with Crippen LogP contribution in [0.1, 0.15) is 13.8 Å². The van der Waals surface area contributed by atoms with Crippen molar-refractivity contribution in [1.29, 1.82) is 0 Å². The molecular weight excluding hydrogens is 170 g/mol. The SMILES string of the molecule is CC(C)COCC1=CC(=O)NC1=O. The Balaban J connectivity index is 2.33. The molecule has 2 amide bonds. The Morgan fingerprint density at radius 1 is 1.46 bits per heavy atom. The number of carbonyl (C=O) groups is 2. The van der Waals surface area contributed by atoms with Gasteiger partial charge in [-0.2, -0.15) is 0 Å². The number of hydrogen-bond acceptors (Lipinski definition) is 3. The highest BCUT2D eigenvalue weighted by atomic mass is 16.5. The molecule has 72 valence electrons. The van der Waals surface area contributed by atoms with Gasteiger partial charge in [-0.1, -0.05) is 13.8 Å². The molecule has 0 aliphatic carbocycles. The zero-order valence-electron chi connectivity index (χ0n) is 7.79. The van der Waals surface area contributed by atoms with Crippen molar-refractivity contribution in [3.05, 3.63) is 11.6 Å². The monoisotopic (exact) mass is 183 g/mol. The van der Waals surface area contributed by atoms with Crippen molar-refractivity contribution >= 4 is 11.8 Å². The molecule has 1 aliphatic heterocycles. The van der Waals surface area contributed by atoms with Gasteiger partial charge in [0.25, 0.3) is 11.8 Å². The standard InChI is InChI=1S/C9H13NO3/c1-6(2)4-13-5-7-3-8(11)10-9(7)12/h3,6H,4-5H2,1-2H3,(H,10,11,12). The maximum Gasteiger partial charge on any atom is 0.256 e. The van der Waals surface area contributed by atoms with Crippen molar-refractivity contribution in [2.45, 2.75) is 13.8 Å². The molecule has 1 aliphatic rings. The van der Waals surface area contributed by atoms with Crippen LogP contribution < -0.4 is 5.32 Å². The topological polar surface area (TPSA) is 55.4 Å². The van der Waals surface area contributed by atoms with Gasteiger partial charge in [-0.05, 0) is 5.92 Å². The molecule has 0 atom stereocenters. The first kappa shape index (κ1) is 9.92. The molecule has 1 rings (SSSR count). The van der Waals surface area contributed by atoms with Crippen LogP contribution in [0, 0.1) is 5.92 Å². The molecule has 0 bridgehead atoms. The lowest BCUT2D eigenvalue weighted by Crippen LogP contribution is -2.23. The molecule has 0 aromatic rings. The highest BCUT2D eigenvalue weighted by Crippen LogP contribution is 2.03. The van der Waals surface area contributed by atoms with Crippen LogP contribution in [-0.2, 0) is 14.3 Å². The fourth-order valence-electron chi connectivity index (χ4n) is 0.964. The van der Waals surface area contributed by atoms with E-state index < -0.39 is 0 Å². The van der Waals surface area contributed by atoms with Gasteiger partial charge in [0.2, 0.25) is 0 Å². The Bertz CT molecular complexity index is 256. The number of nitrogens with one attached hydrogen (secondary N) is 1. The summed E-state index contributed by atoms with van der Waals surface area (Å²) in [6.07, 6.45) is 1.28. The number of ether oxygens (including phenoxy) is 1. The maximum atomic E-state index is 11.0. The fourth-order valence-corrected chi connectivity index (χ4v) is 0.964. The number of amides is 2. The van der Waals surface area contributed by atoms with Gasteiger partial charge in [0.15, 0.2) is 0 Å². The molecule has 0 radical (unpaired) electrons. The average molecular weight is 183 g/mol. The van der Waals surface area contributed by atoms with E-state index in [1.807, 2.05) is 13.8 Å². The van der Waals surface area contributed by atoms with Crippen molar-refractivity contribution in [3.8, 4) is 0 Å². The number of imide groups is 1. The molecule has 4 nitrogen and oxygen atoms in total. The first-order chi connectivity index (χ1) is 6.09. The first-order valence-electron chi connectivity index (χ1n) is 4.23. The van der Waals surface area contributed by atoms with Gasteiger partial charge in [-0.25, -0.2) is 0 Å². The molecule has 0 spiro atoms. The molecule has 1 heterocycles. The maximum absolute atomic E-state index is 11.0. The molecule has 0 aromatic heterocycles. The van der Waals surface area contributed by atoms with Gasteiger partial charge in [-0.15, -0.1) is 0 Å². The zero-order chi connectivity index (χ0) is 9.84. The number of hydrogen-bond donors (Lipinski definition) is 1. The van der Waals surface area contributed by atoms with Gasteiger partial charge in [0.05, 0.1) is 6.61 Å². The second kappa shape index (κ2) is 4.18. The van der Waals surface area contributed by atoms with Crippen molar-refractivity contribution in [2.75, 3.05) is 13.2 Å². The molecule has 0 fully saturated rings. The molecule has 0 saturated heterocycles. The van der Waals surface area contributed by atoms with Crippen LogP contribution in [0.4, 0.5) is 0 Å². The van der Waals surface area contributed by atoms with E-state index >= 15 is 0 Å². The Hall–Kier alpha value is -1.16. The van der Waals surface area contributed by atoms with E-state index in [2.05, 4.69) is 5.32 Å². The minimum absolute atomic E-state index is 0.218. The minimum atomic E-state index is -0.354. The zero-order valence-corrected chi connectivity index (χ0v) is 7.79. The molecule has 0 saturated carbocycles. The van der Waals surface area contributed by atoms with Crippen LogP contribution >= 0.6 is 0 Å². The van der Waals surface area contributed by atoms with E-state index in [0.29, 0.717) is 18.1 Å². The fraction of sp³-hybridized carbons (Fsp3) is 0.556. The van der Waals surface area contributed by atoms with Crippen LogP contribution in [0.2, 0.25) is 0 Å². The van der Waals surface area contributed by atoms with Crippen LogP contribution in [0.3, 0.4) is 0 Å². The van der Waals surface area contributed by atoms with Crippen molar-refractivity contribution in [1.82, 2.24) is 5.32 Å². The smallest absolute Gasteiger partial charge is 0.256 e. The Kier molecular flexibility index (Phi) is 3.19. The first-order valence-corrected chi connectivity index (χ1v) is 4.23. The third-order valence-corrected chi connectivity index (χ3v) is 1.54. The molecule has 1 N–H and O–H groups in total. The van der Waals surface area contributed by atoms with E-state index in [1.54, 1.807) is 0 Å². The highest BCUT2D eigenvalue weighted by Gasteiger charge is 2.20. The molecule has 0 aromatic carbocycles. The van der Waals surface area contributed by atoms with Crippen molar-refractivity contribution < 1.29 is 14.3 Å². The Labute approximate surface area is 76.9 Å². The van der Waals surface area contributed by atoms with Crippen LogP contribution in [-0.4, -0.2) is 25.0 Å². The molecular formula is C9H13NO3. The van der Waals surface area contributed by atoms with E-state index in [0.717, 1.165) is 0 Å². The van der Waals surface area contributed by atoms with Crippen molar-refractivity contribution in [3.63, 3.8) is 0 Å². The van der Waals surface area contributed by atoms with Crippen LogP contribution in [0.15, 0.2) is 11.6 Å².